The van der Waals surface area contributed by atoms with Crippen LogP contribution < -0.4 is 0 Å². The summed E-state index contributed by atoms with van der Waals surface area (Å²) in [7, 11) is 0. The molecule has 0 bridgehead atoms. The minimum atomic E-state index is 0.372. The molecule has 0 radical (unpaired) electrons. The van der Waals surface area contributed by atoms with E-state index in [2.05, 4.69) is 34.6 Å². The molecule has 0 spiro atoms. The van der Waals surface area contributed by atoms with Crippen LogP contribution in [-0.4, -0.2) is 5.38 Å². The lowest BCUT2D eigenvalue weighted by atomic mass is 9.87. The average molecular weight is 203 g/mol. The van der Waals surface area contributed by atoms with E-state index in [-0.39, 0.29) is 0 Å². The fourth-order valence-corrected chi connectivity index (χ4v) is 3.20. The summed E-state index contributed by atoms with van der Waals surface area (Å²) in [6.45, 7) is 11.6. The highest BCUT2D eigenvalue weighted by Gasteiger charge is 2.40. The maximum Gasteiger partial charge on any atom is 0.0389 e. The van der Waals surface area contributed by atoms with Crippen molar-refractivity contribution in [2.45, 2.75) is 52.8 Å². The van der Waals surface area contributed by atoms with Gasteiger partial charge in [0.2, 0.25) is 0 Å². The monoisotopic (exact) mass is 202 g/mol. The molecule has 78 valence electrons. The van der Waals surface area contributed by atoms with Crippen molar-refractivity contribution in [2.75, 3.05) is 0 Å². The second-order valence-electron chi connectivity index (χ2n) is 5.90. The molecule has 1 heteroatoms. The molecule has 1 aliphatic carbocycles. The molecule has 0 saturated heterocycles. The van der Waals surface area contributed by atoms with Gasteiger partial charge in [-0.2, -0.15) is 0 Å². The van der Waals surface area contributed by atoms with Gasteiger partial charge in [0, 0.05) is 5.38 Å². The summed E-state index contributed by atoms with van der Waals surface area (Å²) in [5, 5.41) is 0.372. The van der Waals surface area contributed by atoms with Crippen LogP contribution in [0.2, 0.25) is 0 Å². The highest BCUT2D eigenvalue weighted by atomic mass is 35.5. The summed E-state index contributed by atoms with van der Waals surface area (Å²) in [4.78, 5) is 0. The number of hydrogen-bond donors (Lipinski definition) is 0. The van der Waals surface area contributed by atoms with Crippen molar-refractivity contribution in [3.8, 4) is 0 Å². The summed E-state index contributed by atoms with van der Waals surface area (Å²) in [6.07, 6.45) is 2.65. The van der Waals surface area contributed by atoms with E-state index in [1.807, 2.05) is 0 Å². The lowest BCUT2D eigenvalue weighted by molar-refractivity contribution is 0.333. The fourth-order valence-electron chi connectivity index (χ4n) is 2.87. The molecule has 3 atom stereocenters. The number of alkyl halides is 1. The van der Waals surface area contributed by atoms with Crippen molar-refractivity contribution in [2.24, 2.45) is 23.2 Å². The normalized spacial score (nSPS) is 35.3. The topological polar surface area (TPSA) is 0 Å². The Morgan fingerprint density at radius 1 is 1.23 bits per heavy atom. The first kappa shape index (κ1) is 11.4. The van der Waals surface area contributed by atoms with Gasteiger partial charge in [0.05, 0.1) is 0 Å². The van der Waals surface area contributed by atoms with Crippen LogP contribution in [0.5, 0.6) is 0 Å². The lowest BCUT2D eigenvalue weighted by Crippen LogP contribution is -2.22. The van der Waals surface area contributed by atoms with E-state index in [4.69, 9.17) is 11.6 Å². The Bertz CT molecular complexity index is 172. The number of rotatable bonds is 2. The van der Waals surface area contributed by atoms with Gasteiger partial charge in [-0.1, -0.05) is 34.6 Å². The number of hydrogen-bond acceptors (Lipinski definition) is 0. The van der Waals surface area contributed by atoms with Crippen molar-refractivity contribution in [1.29, 1.82) is 0 Å². The standard InChI is InChI=1S/C12H23Cl/c1-8(2)11(13)10-7-12(4,5)6-9(10)3/h8-11H,6-7H2,1-5H3. The molecule has 0 aliphatic heterocycles. The molecule has 3 unspecified atom stereocenters. The van der Waals surface area contributed by atoms with E-state index in [1.54, 1.807) is 0 Å². The maximum absolute atomic E-state index is 6.44. The third kappa shape index (κ3) is 2.62. The highest BCUT2D eigenvalue weighted by molar-refractivity contribution is 6.21. The highest BCUT2D eigenvalue weighted by Crippen LogP contribution is 2.48. The molecular weight excluding hydrogens is 180 g/mol. The van der Waals surface area contributed by atoms with Gasteiger partial charge < -0.3 is 0 Å². The van der Waals surface area contributed by atoms with E-state index in [0.717, 1.165) is 11.8 Å². The van der Waals surface area contributed by atoms with Crippen molar-refractivity contribution < 1.29 is 0 Å². The van der Waals surface area contributed by atoms with Crippen LogP contribution in [0.4, 0.5) is 0 Å². The Labute approximate surface area is 88.1 Å². The fraction of sp³-hybridized carbons (Fsp3) is 1.00. The molecule has 1 aliphatic rings. The van der Waals surface area contributed by atoms with Crippen LogP contribution in [-0.2, 0) is 0 Å². The number of halogens is 1. The van der Waals surface area contributed by atoms with E-state index in [0.29, 0.717) is 16.7 Å². The summed E-state index contributed by atoms with van der Waals surface area (Å²) in [5.41, 5.74) is 0.520. The minimum absolute atomic E-state index is 0.372. The maximum atomic E-state index is 6.44. The van der Waals surface area contributed by atoms with Gasteiger partial charge in [-0.15, -0.1) is 11.6 Å². The predicted octanol–water partition coefficient (Wildman–Crippen LogP) is 4.32. The summed E-state index contributed by atoms with van der Waals surface area (Å²) in [5.74, 6) is 2.15. The minimum Gasteiger partial charge on any atom is -0.122 e. The molecule has 1 rings (SSSR count). The molecule has 1 fully saturated rings. The Hall–Kier alpha value is 0.290. The SMILES string of the molecule is CC(C)C(Cl)C1CC(C)(C)CC1C. The van der Waals surface area contributed by atoms with Crippen LogP contribution in [0.3, 0.4) is 0 Å². The first-order valence-corrected chi connectivity index (χ1v) is 5.91. The van der Waals surface area contributed by atoms with Crippen LogP contribution in [0.25, 0.3) is 0 Å². The molecule has 0 aromatic heterocycles. The Kier molecular flexibility index (Phi) is 3.33. The first-order chi connectivity index (χ1) is 5.83. The molecular formula is C12H23Cl. The third-order valence-electron chi connectivity index (χ3n) is 3.44. The Morgan fingerprint density at radius 2 is 1.77 bits per heavy atom. The summed E-state index contributed by atoms with van der Waals surface area (Å²) < 4.78 is 0. The zero-order valence-electron chi connectivity index (χ0n) is 9.60. The Balaban J connectivity index is 2.62. The smallest absolute Gasteiger partial charge is 0.0389 e. The molecule has 0 nitrogen and oxygen atoms in total. The summed E-state index contributed by atoms with van der Waals surface area (Å²) in [6, 6.07) is 0. The molecule has 0 amide bonds. The van der Waals surface area contributed by atoms with Gasteiger partial charge in [0.1, 0.15) is 0 Å². The van der Waals surface area contributed by atoms with Crippen molar-refractivity contribution in [3.05, 3.63) is 0 Å². The van der Waals surface area contributed by atoms with Crippen LogP contribution in [0, 0.1) is 23.2 Å². The van der Waals surface area contributed by atoms with Gasteiger partial charge in [0.15, 0.2) is 0 Å². The second-order valence-corrected chi connectivity index (χ2v) is 6.41. The summed E-state index contributed by atoms with van der Waals surface area (Å²) >= 11 is 6.44. The Morgan fingerprint density at radius 3 is 2.08 bits per heavy atom. The average Bonchev–Trinajstić information content (AvgIpc) is 2.22. The van der Waals surface area contributed by atoms with E-state index in [1.165, 1.54) is 12.8 Å². The van der Waals surface area contributed by atoms with E-state index >= 15 is 0 Å². The molecule has 1 saturated carbocycles. The van der Waals surface area contributed by atoms with Gasteiger partial charge in [-0.25, -0.2) is 0 Å². The van der Waals surface area contributed by atoms with Crippen molar-refractivity contribution >= 4 is 11.6 Å². The zero-order chi connectivity index (χ0) is 10.2. The van der Waals surface area contributed by atoms with Crippen molar-refractivity contribution in [1.82, 2.24) is 0 Å². The molecule has 13 heavy (non-hydrogen) atoms. The van der Waals surface area contributed by atoms with Crippen LogP contribution in [0.15, 0.2) is 0 Å². The van der Waals surface area contributed by atoms with E-state index < -0.39 is 0 Å². The zero-order valence-corrected chi connectivity index (χ0v) is 10.4. The third-order valence-corrected chi connectivity index (χ3v) is 4.27. The van der Waals surface area contributed by atoms with E-state index in [9.17, 15) is 0 Å². The van der Waals surface area contributed by atoms with Gasteiger partial charge in [-0.05, 0) is 36.0 Å². The largest absolute Gasteiger partial charge is 0.122 e. The van der Waals surface area contributed by atoms with Gasteiger partial charge in [-0.3, -0.25) is 0 Å². The molecule has 0 aromatic rings. The quantitative estimate of drug-likeness (QED) is 0.585. The second kappa shape index (κ2) is 3.81. The first-order valence-electron chi connectivity index (χ1n) is 5.47. The van der Waals surface area contributed by atoms with Crippen LogP contribution >= 0.6 is 11.6 Å². The van der Waals surface area contributed by atoms with Crippen LogP contribution in [0.1, 0.15) is 47.5 Å². The molecule has 0 N–H and O–H groups in total. The molecule has 0 aromatic carbocycles. The van der Waals surface area contributed by atoms with Gasteiger partial charge in [0.25, 0.3) is 0 Å². The molecule has 0 heterocycles. The lowest BCUT2D eigenvalue weighted by Gasteiger charge is -2.25. The van der Waals surface area contributed by atoms with Crippen molar-refractivity contribution in [3.63, 3.8) is 0 Å². The van der Waals surface area contributed by atoms with Gasteiger partial charge >= 0.3 is 0 Å². The predicted molar refractivity (Wildman–Crippen MR) is 60.1 cm³/mol.